The minimum Gasteiger partial charge on any atom is -0.376 e. The fourth-order valence-electron chi connectivity index (χ4n) is 4.17. The van der Waals surface area contributed by atoms with E-state index >= 15 is 0 Å². The number of likely N-dealkylation sites (N-methyl/N-ethyl adjacent to an activating group) is 1. The molecule has 1 aliphatic carbocycles. The lowest BCUT2D eigenvalue weighted by Crippen LogP contribution is -2.31. The molecule has 27 heavy (non-hydrogen) atoms. The fourth-order valence-corrected chi connectivity index (χ4v) is 4.17. The Morgan fingerprint density at radius 2 is 1.56 bits per heavy atom. The molecule has 0 saturated heterocycles. The van der Waals surface area contributed by atoms with Gasteiger partial charge in [0.25, 0.3) is 0 Å². The minimum absolute atomic E-state index is 0.0208. The average Bonchev–Trinajstić information content (AvgIpc) is 3.41. The van der Waals surface area contributed by atoms with Gasteiger partial charge in [0.1, 0.15) is 11.6 Å². The Hall–Kier alpha value is -1.78. The summed E-state index contributed by atoms with van der Waals surface area (Å²) in [6.07, 6.45) is 1.86. The Labute approximate surface area is 161 Å². The van der Waals surface area contributed by atoms with Gasteiger partial charge in [0.2, 0.25) is 0 Å². The van der Waals surface area contributed by atoms with Gasteiger partial charge in [-0.15, -0.1) is 0 Å². The monoisotopic (exact) mass is 373 g/mol. The predicted octanol–water partition coefficient (Wildman–Crippen LogP) is 5.39. The van der Waals surface area contributed by atoms with E-state index in [9.17, 15) is 8.78 Å². The molecule has 0 aliphatic heterocycles. The lowest BCUT2D eigenvalue weighted by Gasteiger charge is -2.33. The van der Waals surface area contributed by atoms with Gasteiger partial charge in [0, 0.05) is 26.1 Å². The standard InChI is InChI=1S/C23H29F2NO/c1-15-7-5-8-16(2)21(15)18(14-26(3)13-17-11-12-17)23(27-4)22-19(24)9-6-10-20(22)25/h5-10,17-18,23H,11-14H2,1-4H3. The van der Waals surface area contributed by atoms with E-state index in [1.807, 2.05) is 6.07 Å². The molecule has 2 aromatic rings. The Kier molecular flexibility index (Phi) is 6.28. The van der Waals surface area contributed by atoms with Crippen LogP contribution in [-0.2, 0) is 4.74 Å². The molecule has 4 heteroatoms. The maximum atomic E-state index is 14.6. The molecule has 0 spiro atoms. The van der Waals surface area contributed by atoms with Crippen LogP contribution in [0.1, 0.15) is 47.1 Å². The van der Waals surface area contributed by atoms with E-state index in [1.54, 1.807) is 0 Å². The van der Waals surface area contributed by atoms with Gasteiger partial charge in [0.05, 0.1) is 11.7 Å². The normalized spacial score (nSPS) is 16.6. The summed E-state index contributed by atoms with van der Waals surface area (Å²) >= 11 is 0. The lowest BCUT2D eigenvalue weighted by atomic mass is 9.83. The molecule has 1 saturated carbocycles. The number of aryl methyl sites for hydroxylation is 2. The highest BCUT2D eigenvalue weighted by Gasteiger charge is 2.33. The average molecular weight is 373 g/mol. The Balaban J connectivity index is 2.03. The van der Waals surface area contributed by atoms with Crippen LogP contribution in [0.4, 0.5) is 8.78 Å². The summed E-state index contributed by atoms with van der Waals surface area (Å²) in [5.74, 6) is -0.517. The zero-order valence-electron chi connectivity index (χ0n) is 16.6. The smallest absolute Gasteiger partial charge is 0.131 e. The maximum absolute atomic E-state index is 14.6. The number of halogens is 2. The second-order valence-electron chi connectivity index (χ2n) is 7.87. The number of hydrogen-bond acceptors (Lipinski definition) is 2. The van der Waals surface area contributed by atoms with E-state index in [4.69, 9.17) is 4.74 Å². The third-order valence-electron chi connectivity index (χ3n) is 5.59. The first kappa shape index (κ1) is 20.0. The second-order valence-corrected chi connectivity index (χ2v) is 7.87. The highest BCUT2D eigenvalue weighted by atomic mass is 19.1. The molecule has 2 atom stereocenters. The molecular weight excluding hydrogens is 344 g/mol. The second kappa shape index (κ2) is 8.49. The number of hydrogen-bond donors (Lipinski definition) is 0. The molecule has 0 bridgehead atoms. The fraction of sp³-hybridized carbons (Fsp3) is 0.478. The largest absolute Gasteiger partial charge is 0.376 e. The van der Waals surface area contributed by atoms with Crippen LogP contribution >= 0.6 is 0 Å². The van der Waals surface area contributed by atoms with E-state index < -0.39 is 17.7 Å². The highest BCUT2D eigenvalue weighted by Crippen LogP contribution is 2.40. The number of ether oxygens (including phenoxy) is 1. The molecule has 0 radical (unpaired) electrons. The van der Waals surface area contributed by atoms with E-state index in [0.29, 0.717) is 6.54 Å². The summed E-state index contributed by atoms with van der Waals surface area (Å²) in [5, 5.41) is 0. The van der Waals surface area contributed by atoms with Crippen molar-refractivity contribution in [3.8, 4) is 0 Å². The number of rotatable bonds is 8. The van der Waals surface area contributed by atoms with E-state index in [1.165, 1.54) is 38.2 Å². The molecule has 0 N–H and O–H groups in total. The summed E-state index contributed by atoms with van der Waals surface area (Å²) in [7, 11) is 3.63. The van der Waals surface area contributed by atoms with Crippen molar-refractivity contribution in [2.45, 2.75) is 38.7 Å². The van der Waals surface area contributed by atoms with Crippen molar-refractivity contribution < 1.29 is 13.5 Å². The zero-order chi connectivity index (χ0) is 19.6. The first-order valence-electron chi connectivity index (χ1n) is 9.63. The molecule has 2 nitrogen and oxygen atoms in total. The topological polar surface area (TPSA) is 12.5 Å². The van der Waals surface area contributed by atoms with E-state index in [-0.39, 0.29) is 11.5 Å². The van der Waals surface area contributed by atoms with Gasteiger partial charge >= 0.3 is 0 Å². The molecular formula is C23H29F2NO. The number of benzene rings is 2. The van der Waals surface area contributed by atoms with Crippen molar-refractivity contribution >= 4 is 0 Å². The summed E-state index contributed by atoms with van der Waals surface area (Å²) < 4.78 is 34.9. The molecule has 146 valence electrons. The van der Waals surface area contributed by atoms with E-state index in [0.717, 1.165) is 29.2 Å². The number of nitrogens with zero attached hydrogens (tertiary/aromatic N) is 1. The first-order valence-corrected chi connectivity index (χ1v) is 9.63. The molecule has 0 amide bonds. The summed E-state index contributed by atoms with van der Waals surface area (Å²) in [5.41, 5.74) is 3.39. The quantitative estimate of drug-likeness (QED) is 0.615. The van der Waals surface area contributed by atoms with Crippen molar-refractivity contribution in [2.75, 3.05) is 27.2 Å². The van der Waals surface area contributed by atoms with Gasteiger partial charge in [-0.1, -0.05) is 24.3 Å². The van der Waals surface area contributed by atoms with Gasteiger partial charge in [-0.3, -0.25) is 0 Å². The van der Waals surface area contributed by atoms with Gasteiger partial charge in [-0.05, 0) is 68.5 Å². The van der Waals surface area contributed by atoms with Gasteiger partial charge in [-0.2, -0.15) is 0 Å². The van der Waals surface area contributed by atoms with E-state index in [2.05, 4.69) is 37.9 Å². The molecule has 1 aliphatic rings. The molecule has 1 fully saturated rings. The lowest BCUT2D eigenvalue weighted by molar-refractivity contribution is 0.0602. The third kappa shape index (κ3) is 4.56. The SMILES string of the molecule is COC(c1c(F)cccc1F)C(CN(C)CC1CC1)c1c(C)cccc1C. The molecule has 2 aromatic carbocycles. The van der Waals surface area contributed by atoms with Gasteiger partial charge < -0.3 is 9.64 Å². The van der Waals surface area contributed by atoms with Crippen molar-refractivity contribution in [3.05, 3.63) is 70.3 Å². The molecule has 0 aromatic heterocycles. The van der Waals surface area contributed by atoms with Crippen LogP contribution in [0.25, 0.3) is 0 Å². The van der Waals surface area contributed by atoms with Crippen molar-refractivity contribution in [1.82, 2.24) is 4.90 Å². The van der Waals surface area contributed by atoms with Crippen LogP contribution in [0, 0.1) is 31.4 Å². The summed E-state index contributed by atoms with van der Waals surface area (Å²) in [6.45, 7) is 5.81. The van der Waals surface area contributed by atoms with Crippen LogP contribution in [0.2, 0.25) is 0 Å². The Morgan fingerprint density at radius 1 is 1.00 bits per heavy atom. The molecule has 0 heterocycles. The van der Waals surface area contributed by atoms with Crippen LogP contribution in [0.3, 0.4) is 0 Å². The van der Waals surface area contributed by atoms with Crippen LogP contribution < -0.4 is 0 Å². The number of methoxy groups -OCH3 is 1. The van der Waals surface area contributed by atoms with Crippen LogP contribution in [0.15, 0.2) is 36.4 Å². The van der Waals surface area contributed by atoms with Crippen molar-refractivity contribution in [3.63, 3.8) is 0 Å². The molecule has 3 rings (SSSR count). The third-order valence-corrected chi connectivity index (χ3v) is 5.59. The van der Waals surface area contributed by atoms with Crippen LogP contribution in [0.5, 0.6) is 0 Å². The predicted molar refractivity (Wildman–Crippen MR) is 105 cm³/mol. The zero-order valence-corrected chi connectivity index (χ0v) is 16.6. The van der Waals surface area contributed by atoms with Gasteiger partial charge in [-0.25, -0.2) is 8.78 Å². The highest BCUT2D eigenvalue weighted by molar-refractivity contribution is 5.39. The minimum atomic E-state index is -0.687. The summed E-state index contributed by atoms with van der Waals surface area (Å²) in [4.78, 5) is 2.28. The van der Waals surface area contributed by atoms with Crippen molar-refractivity contribution in [1.29, 1.82) is 0 Å². The Morgan fingerprint density at radius 3 is 2.07 bits per heavy atom. The first-order chi connectivity index (χ1) is 12.9. The van der Waals surface area contributed by atoms with Crippen LogP contribution in [-0.4, -0.2) is 32.1 Å². The Bertz CT molecular complexity index is 747. The maximum Gasteiger partial charge on any atom is 0.131 e. The summed E-state index contributed by atoms with van der Waals surface area (Å²) in [6, 6.07) is 10.1. The van der Waals surface area contributed by atoms with Crippen molar-refractivity contribution in [2.24, 2.45) is 5.92 Å². The van der Waals surface area contributed by atoms with Gasteiger partial charge in [0.15, 0.2) is 0 Å². The molecule has 2 unspecified atom stereocenters.